The summed E-state index contributed by atoms with van der Waals surface area (Å²) in [5.41, 5.74) is 0.716. The smallest absolute Gasteiger partial charge is 0.410 e. The number of rotatable bonds is 3. The van der Waals surface area contributed by atoms with Gasteiger partial charge in [0.2, 0.25) is 0 Å². The molecule has 2 aromatic rings. The minimum Gasteiger partial charge on any atom is -0.444 e. The van der Waals surface area contributed by atoms with Gasteiger partial charge >= 0.3 is 11.8 Å². The Morgan fingerprint density at radius 2 is 1.81 bits per heavy atom. The molecule has 0 saturated carbocycles. The molecule has 4 rings (SSSR count). The molecule has 170 valence electrons. The number of benzene rings is 1. The quantitative estimate of drug-likeness (QED) is 0.802. The zero-order chi connectivity index (χ0) is 22.2. The van der Waals surface area contributed by atoms with Crippen LogP contribution in [0.4, 0.5) is 9.18 Å². The van der Waals surface area contributed by atoms with Crippen LogP contribution in [-0.2, 0) is 4.74 Å². The molecule has 2 aliphatic heterocycles. The van der Waals surface area contributed by atoms with Crippen LogP contribution in [0.5, 0.6) is 0 Å². The molecule has 2 aliphatic rings. The van der Waals surface area contributed by atoms with Gasteiger partial charge in [-0.2, -0.15) is 0 Å². The van der Waals surface area contributed by atoms with E-state index < -0.39 is 5.60 Å². The van der Waals surface area contributed by atoms with Crippen molar-refractivity contribution in [3.63, 3.8) is 0 Å². The van der Waals surface area contributed by atoms with Crippen LogP contribution in [0.2, 0.25) is 0 Å². The number of ether oxygens (including phenoxy) is 1. The van der Waals surface area contributed by atoms with Crippen LogP contribution in [0.3, 0.4) is 0 Å². The van der Waals surface area contributed by atoms with E-state index in [9.17, 15) is 14.0 Å². The summed E-state index contributed by atoms with van der Waals surface area (Å²) in [6.45, 7) is 10.0. The Balaban J connectivity index is 1.28. The van der Waals surface area contributed by atoms with E-state index in [1.54, 1.807) is 10.6 Å². The molecule has 0 bridgehead atoms. The monoisotopic (exact) mass is 432 g/mol. The molecule has 0 unspecified atom stereocenters. The summed E-state index contributed by atoms with van der Waals surface area (Å²) >= 11 is 0. The highest BCUT2D eigenvalue weighted by atomic mass is 19.1. The molecule has 0 radical (unpaired) electrons. The van der Waals surface area contributed by atoms with Gasteiger partial charge in [0.05, 0.1) is 11.0 Å². The summed E-state index contributed by atoms with van der Waals surface area (Å²) in [7, 11) is 0. The third-order valence-corrected chi connectivity index (χ3v) is 6.38. The molecular formula is C23H33FN4O3. The van der Waals surface area contributed by atoms with E-state index in [0.29, 0.717) is 17.0 Å². The second-order valence-corrected chi connectivity index (χ2v) is 9.90. The Bertz CT molecular complexity index is 977. The Hall–Kier alpha value is -2.35. The van der Waals surface area contributed by atoms with Crippen molar-refractivity contribution in [2.24, 2.45) is 5.92 Å². The van der Waals surface area contributed by atoms with Gasteiger partial charge in [0.1, 0.15) is 11.4 Å². The van der Waals surface area contributed by atoms with Crippen molar-refractivity contribution in [3.8, 4) is 0 Å². The predicted octanol–water partition coefficient (Wildman–Crippen LogP) is 3.75. The standard InChI is InChI=1S/C23H33FN4O3/c1-23(2,3)31-22(30)27-12-6-16(7-13-27)15-26-10-8-18(9-11-26)28-20-14-17(24)4-5-19(20)25-21(28)29/h4-5,14,16,18H,6-13,15H2,1-3H3,(H,25,29). The topological polar surface area (TPSA) is 70.6 Å². The van der Waals surface area contributed by atoms with Gasteiger partial charge in [-0.3, -0.25) is 4.57 Å². The van der Waals surface area contributed by atoms with E-state index in [1.165, 1.54) is 12.1 Å². The fourth-order valence-electron chi connectivity index (χ4n) is 4.81. The first kappa shape index (κ1) is 21.9. The summed E-state index contributed by atoms with van der Waals surface area (Å²) in [5, 5.41) is 0. The molecule has 2 saturated heterocycles. The lowest BCUT2D eigenvalue weighted by Crippen LogP contribution is -2.45. The molecule has 31 heavy (non-hydrogen) atoms. The summed E-state index contributed by atoms with van der Waals surface area (Å²) in [4.78, 5) is 31.8. The number of carbonyl (C=O) groups excluding carboxylic acids is 1. The zero-order valence-electron chi connectivity index (χ0n) is 18.7. The van der Waals surface area contributed by atoms with Crippen LogP contribution in [0, 0.1) is 11.7 Å². The van der Waals surface area contributed by atoms with Crippen LogP contribution in [-0.4, -0.2) is 63.8 Å². The first-order chi connectivity index (χ1) is 14.7. The number of aromatic nitrogens is 2. The maximum atomic E-state index is 13.7. The van der Waals surface area contributed by atoms with Gasteiger partial charge in [0.25, 0.3) is 0 Å². The van der Waals surface area contributed by atoms with Crippen LogP contribution < -0.4 is 5.69 Å². The number of aromatic amines is 1. The number of halogens is 1. The van der Waals surface area contributed by atoms with Crippen LogP contribution in [0.1, 0.15) is 52.5 Å². The second-order valence-electron chi connectivity index (χ2n) is 9.90. The molecule has 1 aromatic heterocycles. The first-order valence-corrected chi connectivity index (χ1v) is 11.3. The number of imidazole rings is 1. The van der Waals surface area contributed by atoms with E-state index >= 15 is 0 Å². The van der Waals surface area contributed by atoms with Crippen molar-refractivity contribution in [2.75, 3.05) is 32.7 Å². The minimum atomic E-state index is -0.462. The molecule has 3 heterocycles. The fraction of sp³-hybridized carbons (Fsp3) is 0.652. The molecule has 1 amide bonds. The summed E-state index contributed by atoms with van der Waals surface area (Å²) in [6.07, 6.45) is 3.51. The number of likely N-dealkylation sites (tertiary alicyclic amines) is 2. The van der Waals surface area contributed by atoms with Crippen molar-refractivity contribution in [3.05, 3.63) is 34.5 Å². The molecule has 2 fully saturated rings. The molecule has 0 spiro atoms. The van der Waals surface area contributed by atoms with E-state index in [4.69, 9.17) is 4.74 Å². The Kier molecular flexibility index (Phi) is 6.10. The lowest BCUT2D eigenvalue weighted by atomic mass is 9.95. The zero-order valence-corrected chi connectivity index (χ0v) is 18.7. The number of piperidine rings is 2. The Labute approximate surface area is 182 Å². The van der Waals surface area contributed by atoms with Crippen molar-refractivity contribution in [1.82, 2.24) is 19.4 Å². The molecule has 0 aliphatic carbocycles. The van der Waals surface area contributed by atoms with Crippen molar-refractivity contribution >= 4 is 17.1 Å². The van der Waals surface area contributed by atoms with Crippen LogP contribution in [0.15, 0.2) is 23.0 Å². The molecular weight excluding hydrogens is 399 g/mol. The highest BCUT2D eigenvalue weighted by Gasteiger charge is 2.29. The SMILES string of the molecule is CC(C)(C)OC(=O)N1CCC(CN2CCC(n3c(=O)[nH]c4ccc(F)cc43)CC2)CC1. The van der Waals surface area contributed by atoms with Crippen molar-refractivity contribution < 1.29 is 13.9 Å². The third kappa shape index (κ3) is 5.11. The number of hydrogen-bond donors (Lipinski definition) is 1. The van der Waals surface area contributed by atoms with Gasteiger partial charge in [-0.25, -0.2) is 14.0 Å². The molecule has 7 nitrogen and oxygen atoms in total. The van der Waals surface area contributed by atoms with Gasteiger partial charge in [-0.15, -0.1) is 0 Å². The van der Waals surface area contributed by atoms with Crippen LogP contribution in [0.25, 0.3) is 11.0 Å². The number of carbonyl (C=O) groups is 1. The molecule has 1 N–H and O–H groups in total. The van der Waals surface area contributed by atoms with E-state index in [2.05, 4.69) is 9.88 Å². The number of amides is 1. The maximum Gasteiger partial charge on any atom is 0.410 e. The molecule has 1 aromatic carbocycles. The fourth-order valence-corrected chi connectivity index (χ4v) is 4.81. The third-order valence-electron chi connectivity index (χ3n) is 6.38. The largest absolute Gasteiger partial charge is 0.444 e. The average Bonchev–Trinajstić information content (AvgIpc) is 3.03. The van der Waals surface area contributed by atoms with E-state index in [0.717, 1.165) is 58.4 Å². The Morgan fingerprint density at radius 1 is 1.13 bits per heavy atom. The van der Waals surface area contributed by atoms with E-state index in [1.807, 2.05) is 25.7 Å². The number of nitrogens with zero attached hydrogens (tertiary/aromatic N) is 3. The maximum absolute atomic E-state index is 13.7. The summed E-state index contributed by atoms with van der Waals surface area (Å²) < 4.78 is 20.9. The lowest BCUT2D eigenvalue weighted by Gasteiger charge is -2.38. The van der Waals surface area contributed by atoms with Gasteiger partial charge in [0.15, 0.2) is 0 Å². The second kappa shape index (κ2) is 8.65. The summed E-state index contributed by atoms with van der Waals surface area (Å²) in [6, 6.07) is 4.53. The number of hydrogen-bond acceptors (Lipinski definition) is 4. The highest BCUT2D eigenvalue weighted by molar-refractivity contribution is 5.75. The van der Waals surface area contributed by atoms with Crippen LogP contribution >= 0.6 is 0 Å². The van der Waals surface area contributed by atoms with Crippen molar-refractivity contribution in [2.45, 2.75) is 58.1 Å². The lowest BCUT2D eigenvalue weighted by molar-refractivity contribution is 0.0164. The summed E-state index contributed by atoms with van der Waals surface area (Å²) in [5.74, 6) is 0.246. The van der Waals surface area contributed by atoms with Gasteiger partial charge < -0.3 is 19.5 Å². The van der Waals surface area contributed by atoms with Crippen molar-refractivity contribution in [1.29, 1.82) is 0 Å². The van der Waals surface area contributed by atoms with E-state index in [-0.39, 0.29) is 23.6 Å². The van der Waals surface area contributed by atoms with Gasteiger partial charge in [-0.05, 0) is 70.6 Å². The average molecular weight is 433 g/mol. The van der Waals surface area contributed by atoms with Gasteiger partial charge in [0, 0.05) is 38.8 Å². The minimum absolute atomic E-state index is 0.0910. The molecule has 8 heteroatoms. The Morgan fingerprint density at radius 3 is 2.45 bits per heavy atom. The number of H-pyrrole nitrogens is 1. The number of fused-ring (bicyclic) bond motifs is 1. The first-order valence-electron chi connectivity index (χ1n) is 11.3. The normalized spacial score (nSPS) is 19.8. The highest BCUT2D eigenvalue weighted by Crippen LogP contribution is 2.27. The molecule has 0 atom stereocenters. The predicted molar refractivity (Wildman–Crippen MR) is 118 cm³/mol. The number of nitrogens with one attached hydrogen (secondary N) is 1. The van der Waals surface area contributed by atoms with Gasteiger partial charge in [-0.1, -0.05) is 0 Å².